The summed E-state index contributed by atoms with van der Waals surface area (Å²) in [4.78, 5) is 10.3. The Morgan fingerprint density at radius 2 is 2.32 bits per heavy atom. The molecule has 0 amide bonds. The van der Waals surface area contributed by atoms with E-state index < -0.39 is 4.92 Å². The Morgan fingerprint density at radius 1 is 1.53 bits per heavy atom. The fraction of sp³-hybridized carbons (Fsp3) is 0.273. The topological polar surface area (TPSA) is 90.2 Å². The minimum absolute atomic E-state index is 0.00541. The fourth-order valence-corrected chi connectivity index (χ4v) is 2.01. The molecule has 0 atom stereocenters. The summed E-state index contributed by atoms with van der Waals surface area (Å²) in [5, 5.41) is 18.4. The summed E-state index contributed by atoms with van der Waals surface area (Å²) in [5.74, 6) is 0.476. The lowest BCUT2D eigenvalue weighted by Gasteiger charge is -2.08. The zero-order chi connectivity index (χ0) is 13.8. The van der Waals surface area contributed by atoms with Gasteiger partial charge in [-0.2, -0.15) is 0 Å². The summed E-state index contributed by atoms with van der Waals surface area (Å²) in [7, 11) is 1.78. The van der Waals surface area contributed by atoms with Gasteiger partial charge in [0.1, 0.15) is 23.1 Å². The molecule has 0 aliphatic heterocycles. The van der Waals surface area contributed by atoms with Crippen LogP contribution in [0.1, 0.15) is 11.3 Å². The number of nitrogens with zero attached hydrogens (tertiary/aromatic N) is 3. The Kier molecular flexibility index (Phi) is 3.91. The van der Waals surface area contributed by atoms with Gasteiger partial charge in [0.25, 0.3) is 5.69 Å². The highest BCUT2D eigenvalue weighted by atomic mass is 32.1. The molecule has 1 heterocycles. The van der Waals surface area contributed by atoms with Crippen molar-refractivity contribution in [3.05, 3.63) is 39.6 Å². The molecule has 7 nitrogen and oxygen atoms in total. The van der Waals surface area contributed by atoms with Crippen molar-refractivity contribution in [2.75, 3.05) is 12.4 Å². The van der Waals surface area contributed by atoms with E-state index in [-0.39, 0.29) is 12.3 Å². The summed E-state index contributed by atoms with van der Waals surface area (Å²) in [6.07, 6.45) is 0. The van der Waals surface area contributed by atoms with Gasteiger partial charge in [-0.05, 0) is 18.6 Å². The zero-order valence-electron chi connectivity index (χ0n) is 10.4. The molecule has 0 aliphatic rings. The number of non-ortho nitro benzene ring substituents is 1. The van der Waals surface area contributed by atoms with E-state index in [0.717, 1.165) is 10.6 Å². The number of aryl methyl sites for hydroxylation is 1. The molecule has 0 saturated heterocycles. The third-order valence-corrected chi connectivity index (χ3v) is 3.32. The molecular weight excluding hydrogens is 268 g/mol. The van der Waals surface area contributed by atoms with Gasteiger partial charge in [-0.1, -0.05) is 4.49 Å². The van der Waals surface area contributed by atoms with Crippen molar-refractivity contribution in [1.29, 1.82) is 0 Å². The monoisotopic (exact) mass is 280 g/mol. The van der Waals surface area contributed by atoms with Crippen LogP contribution in [0.3, 0.4) is 0 Å². The van der Waals surface area contributed by atoms with Crippen molar-refractivity contribution in [3.8, 4) is 5.75 Å². The van der Waals surface area contributed by atoms with Gasteiger partial charge in [-0.3, -0.25) is 10.1 Å². The number of aromatic nitrogens is 2. The third-order valence-electron chi connectivity index (χ3n) is 2.53. The van der Waals surface area contributed by atoms with Gasteiger partial charge in [0.15, 0.2) is 0 Å². The first-order valence-electron chi connectivity index (χ1n) is 5.48. The fourth-order valence-electron chi connectivity index (χ4n) is 1.50. The first kappa shape index (κ1) is 13.2. The average molecular weight is 280 g/mol. The van der Waals surface area contributed by atoms with Crippen molar-refractivity contribution in [1.82, 2.24) is 9.59 Å². The molecule has 1 aromatic heterocycles. The summed E-state index contributed by atoms with van der Waals surface area (Å²) in [6.45, 7) is 2.05. The predicted octanol–water partition coefficient (Wildman–Crippen LogP) is 2.38. The highest BCUT2D eigenvalue weighted by Crippen LogP contribution is 2.26. The molecule has 8 heteroatoms. The lowest BCUT2D eigenvalue weighted by Crippen LogP contribution is -2.01. The smallest absolute Gasteiger partial charge is 0.273 e. The maximum atomic E-state index is 10.7. The summed E-state index contributed by atoms with van der Waals surface area (Å²) in [6, 6.07) is 4.52. The van der Waals surface area contributed by atoms with Crippen LogP contribution in [0.5, 0.6) is 5.75 Å². The predicted molar refractivity (Wildman–Crippen MR) is 71.6 cm³/mol. The van der Waals surface area contributed by atoms with Gasteiger partial charge < -0.3 is 10.1 Å². The lowest BCUT2D eigenvalue weighted by atomic mass is 10.2. The summed E-state index contributed by atoms with van der Waals surface area (Å²) < 4.78 is 9.39. The van der Waals surface area contributed by atoms with Crippen LogP contribution >= 0.6 is 11.5 Å². The van der Waals surface area contributed by atoms with E-state index in [1.165, 1.54) is 23.7 Å². The summed E-state index contributed by atoms with van der Waals surface area (Å²) >= 11 is 1.24. The van der Waals surface area contributed by atoms with Crippen LogP contribution in [0.4, 0.5) is 10.7 Å². The molecule has 0 bridgehead atoms. The molecule has 0 unspecified atom stereocenters. The van der Waals surface area contributed by atoms with Gasteiger partial charge in [-0.25, -0.2) is 0 Å². The highest BCUT2D eigenvalue weighted by Gasteiger charge is 2.12. The second-order valence-electron chi connectivity index (χ2n) is 3.79. The zero-order valence-corrected chi connectivity index (χ0v) is 11.2. The number of nitrogens with one attached hydrogen (secondary N) is 1. The summed E-state index contributed by atoms with van der Waals surface area (Å²) in [5.41, 5.74) is 1.52. The van der Waals surface area contributed by atoms with E-state index in [9.17, 15) is 10.1 Å². The minimum Gasteiger partial charge on any atom is -0.487 e. The average Bonchev–Trinajstić information content (AvgIpc) is 2.85. The van der Waals surface area contributed by atoms with Crippen LogP contribution in [-0.2, 0) is 6.61 Å². The van der Waals surface area contributed by atoms with Crippen molar-refractivity contribution in [2.45, 2.75) is 13.5 Å². The molecule has 2 aromatic rings. The quantitative estimate of drug-likeness (QED) is 0.668. The second kappa shape index (κ2) is 5.61. The SMILES string of the molecule is CNc1snnc1COc1cc([N+](=O)[O-])ccc1C. The van der Waals surface area contributed by atoms with E-state index >= 15 is 0 Å². The number of anilines is 1. The first-order valence-corrected chi connectivity index (χ1v) is 6.26. The Balaban J connectivity index is 2.15. The van der Waals surface area contributed by atoms with Crippen molar-refractivity contribution in [3.63, 3.8) is 0 Å². The number of benzene rings is 1. The number of hydrogen-bond donors (Lipinski definition) is 1. The van der Waals surface area contributed by atoms with Crippen LogP contribution in [0.25, 0.3) is 0 Å². The third kappa shape index (κ3) is 2.97. The second-order valence-corrected chi connectivity index (χ2v) is 4.55. The first-order chi connectivity index (χ1) is 9.11. The number of rotatable bonds is 5. The van der Waals surface area contributed by atoms with E-state index in [0.29, 0.717) is 11.4 Å². The number of ether oxygens (including phenoxy) is 1. The van der Waals surface area contributed by atoms with Gasteiger partial charge in [0, 0.05) is 24.6 Å². The van der Waals surface area contributed by atoms with E-state index in [2.05, 4.69) is 14.9 Å². The van der Waals surface area contributed by atoms with Gasteiger partial charge in [0.05, 0.1) is 11.0 Å². The number of nitro groups is 1. The Hall–Kier alpha value is -2.22. The van der Waals surface area contributed by atoms with E-state index in [1.807, 2.05) is 6.92 Å². The van der Waals surface area contributed by atoms with Crippen molar-refractivity contribution in [2.24, 2.45) is 0 Å². The Morgan fingerprint density at radius 3 is 3.00 bits per heavy atom. The maximum Gasteiger partial charge on any atom is 0.273 e. The highest BCUT2D eigenvalue weighted by molar-refractivity contribution is 7.10. The number of nitro benzene ring substituents is 1. The molecule has 1 N–H and O–H groups in total. The molecule has 1 aromatic carbocycles. The molecule has 0 saturated carbocycles. The maximum absolute atomic E-state index is 10.7. The molecule has 2 rings (SSSR count). The van der Waals surface area contributed by atoms with Crippen LogP contribution in [0.2, 0.25) is 0 Å². The van der Waals surface area contributed by atoms with Crippen LogP contribution in [0.15, 0.2) is 18.2 Å². The standard InChI is InChI=1S/C11H12N4O3S/c1-7-3-4-8(15(16)17)5-10(7)18-6-9-11(12-2)19-14-13-9/h3-5,12H,6H2,1-2H3. The molecule has 0 aliphatic carbocycles. The van der Waals surface area contributed by atoms with Gasteiger partial charge >= 0.3 is 0 Å². The van der Waals surface area contributed by atoms with Crippen LogP contribution < -0.4 is 10.1 Å². The van der Waals surface area contributed by atoms with Gasteiger partial charge in [-0.15, -0.1) is 5.10 Å². The molecule has 0 radical (unpaired) electrons. The largest absolute Gasteiger partial charge is 0.487 e. The minimum atomic E-state index is -0.449. The molecule has 100 valence electrons. The number of hydrogen-bond acceptors (Lipinski definition) is 7. The van der Waals surface area contributed by atoms with Crippen LogP contribution in [0, 0.1) is 17.0 Å². The van der Waals surface area contributed by atoms with E-state index in [1.54, 1.807) is 13.1 Å². The lowest BCUT2D eigenvalue weighted by molar-refractivity contribution is -0.385. The molecular formula is C11H12N4O3S. The van der Waals surface area contributed by atoms with Crippen molar-refractivity contribution >= 4 is 22.2 Å². The normalized spacial score (nSPS) is 10.2. The Bertz CT molecular complexity index is 599. The Labute approximate surface area is 113 Å². The van der Waals surface area contributed by atoms with Gasteiger partial charge in [0.2, 0.25) is 0 Å². The molecule has 0 spiro atoms. The molecule has 19 heavy (non-hydrogen) atoms. The van der Waals surface area contributed by atoms with Crippen molar-refractivity contribution < 1.29 is 9.66 Å². The molecule has 0 fully saturated rings. The van der Waals surface area contributed by atoms with Crippen LogP contribution in [-0.4, -0.2) is 21.6 Å². The van der Waals surface area contributed by atoms with E-state index in [4.69, 9.17) is 4.74 Å².